The average Bonchev–Trinajstić information content (AvgIpc) is 2.63. The number of aromatic nitrogens is 2. The molecule has 0 spiro atoms. The molecule has 2 aromatic rings. The largest absolute Gasteiger partial charge is 0.245 e. The van der Waals surface area contributed by atoms with Gasteiger partial charge < -0.3 is 0 Å². The Balaban J connectivity index is 1.99. The van der Waals surface area contributed by atoms with E-state index in [-0.39, 0.29) is 0 Å². The number of hydrogen-bond donors (Lipinski definition) is 0. The molecule has 2 heterocycles. The molecule has 5 heteroatoms. The minimum Gasteiger partial charge on any atom is -0.245 e. The third-order valence-electron chi connectivity index (χ3n) is 1.60. The summed E-state index contributed by atoms with van der Waals surface area (Å²) in [6.45, 7) is 0. The van der Waals surface area contributed by atoms with Gasteiger partial charge in [0.15, 0.2) is 0 Å². The molecule has 0 radical (unpaired) electrons. The highest BCUT2D eigenvalue weighted by Crippen LogP contribution is 2.29. The summed E-state index contributed by atoms with van der Waals surface area (Å²) in [7, 11) is 0. The molecule has 72 valence electrons. The van der Waals surface area contributed by atoms with E-state index in [4.69, 9.17) is 0 Å². The SMILES string of the molecule is Brc1ccsc1CSc1ccncn1. The number of thiophene rings is 1. The standard InChI is InChI=1S/C9H7BrN2S2/c10-7-2-4-13-8(7)5-14-9-1-3-11-6-12-9/h1-4,6H,5H2. The smallest absolute Gasteiger partial charge is 0.116 e. The lowest BCUT2D eigenvalue weighted by Gasteiger charge is -1.98. The van der Waals surface area contributed by atoms with Gasteiger partial charge in [-0.3, -0.25) is 0 Å². The Morgan fingerprint density at radius 3 is 3.00 bits per heavy atom. The van der Waals surface area contributed by atoms with E-state index in [9.17, 15) is 0 Å². The van der Waals surface area contributed by atoms with Gasteiger partial charge in [0.1, 0.15) is 6.33 Å². The van der Waals surface area contributed by atoms with Gasteiger partial charge in [0, 0.05) is 21.3 Å². The summed E-state index contributed by atoms with van der Waals surface area (Å²) in [6.07, 6.45) is 3.34. The fourth-order valence-corrected chi connectivity index (χ4v) is 3.56. The molecule has 2 nitrogen and oxygen atoms in total. The van der Waals surface area contributed by atoms with Crippen LogP contribution in [-0.4, -0.2) is 9.97 Å². The lowest BCUT2D eigenvalue weighted by Crippen LogP contribution is -1.81. The van der Waals surface area contributed by atoms with Crippen molar-refractivity contribution in [1.29, 1.82) is 0 Å². The maximum absolute atomic E-state index is 4.15. The maximum atomic E-state index is 4.15. The molecule has 14 heavy (non-hydrogen) atoms. The van der Waals surface area contributed by atoms with E-state index in [1.807, 2.05) is 6.07 Å². The van der Waals surface area contributed by atoms with E-state index in [1.165, 1.54) is 9.35 Å². The second kappa shape index (κ2) is 4.91. The Hall–Kier alpha value is -0.390. The van der Waals surface area contributed by atoms with Crippen LogP contribution in [0.25, 0.3) is 0 Å². The Bertz CT molecular complexity index is 402. The highest BCUT2D eigenvalue weighted by molar-refractivity contribution is 9.10. The summed E-state index contributed by atoms with van der Waals surface area (Å²) >= 11 is 6.98. The number of nitrogens with zero attached hydrogens (tertiary/aromatic N) is 2. The van der Waals surface area contributed by atoms with Gasteiger partial charge in [0.2, 0.25) is 0 Å². The molecule has 0 fully saturated rings. The molecule has 0 saturated heterocycles. The van der Waals surface area contributed by atoms with Crippen LogP contribution in [-0.2, 0) is 5.75 Å². The van der Waals surface area contributed by atoms with Crippen molar-refractivity contribution in [3.05, 3.63) is 39.4 Å². The van der Waals surface area contributed by atoms with Gasteiger partial charge in [-0.1, -0.05) is 0 Å². The van der Waals surface area contributed by atoms with Crippen LogP contribution in [0.4, 0.5) is 0 Å². The van der Waals surface area contributed by atoms with Crippen molar-refractivity contribution >= 4 is 39.0 Å². The lowest BCUT2D eigenvalue weighted by molar-refractivity contribution is 1.05. The molecule has 0 amide bonds. The molecule has 2 rings (SSSR count). The van der Waals surface area contributed by atoms with Crippen molar-refractivity contribution in [2.45, 2.75) is 10.8 Å². The molecule has 0 N–H and O–H groups in total. The molecule has 0 bridgehead atoms. The minimum absolute atomic E-state index is 0.954. The van der Waals surface area contributed by atoms with Gasteiger partial charge in [-0.05, 0) is 33.4 Å². The summed E-state index contributed by atoms with van der Waals surface area (Å²) < 4.78 is 1.18. The Morgan fingerprint density at radius 2 is 2.36 bits per heavy atom. The molecular formula is C9H7BrN2S2. The van der Waals surface area contributed by atoms with Crippen molar-refractivity contribution in [2.75, 3.05) is 0 Å². The molecule has 0 saturated carbocycles. The summed E-state index contributed by atoms with van der Waals surface area (Å²) in [6, 6.07) is 3.99. The first kappa shape index (κ1) is 10.1. The van der Waals surface area contributed by atoms with Crippen LogP contribution in [0, 0.1) is 0 Å². The van der Waals surface area contributed by atoms with Crippen LogP contribution in [0.5, 0.6) is 0 Å². The average molecular weight is 287 g/mol. The fraction of sp³-hybridized carbons (Fsp3) is 0.111. The summed E-state index contributed by atoms with van der Waals surface area (Å²) in [5, 5.41) is 3.10. The summed E-state index contributed by atoms with van der Waals surface area (Å²) in [5.74, 6) is 0.954. The van der Waals surface area contributed by atoms with E-state index in [2.05, 4.69) is 37.3 Å². The zero-order chi connectivity index (χ0) is 9.80. The van der Waals surface area contributed by atoms with Crippen LogP contribution in [0.15, 0.2) is 39.5 Å². The Kier molecular flexibility index (Phi) is 3.55. The molecule has 0 aliphatic heterocycles. The van der Waals surface area contributed by atoms with E-state index in [0.29, 0.717) is 0 Å². The third-order valence-corrected chi connectivity index (χ3v) is 4.68. The zero-order valence-electron chi connectivity index (χ0n) is 7.18. The first-order valence-corrected chi connectivity index (χ1v) is 6.63. The van der Waals surface area contributed by atoms with Crippen molar-refractivity contribution in [1.82, 2.24) is 9.97 Å². The quantitative estimate of drug-likeness (QED) is 0.637. The number of rotatable bonds is 3. The fourth-order valence-electron chi connectivity index (χ4n) is 0.932. The number of halogens is 1. The van der Waals surface area contributed by atoms with Crippen LogP contribution in [0.3, 0.4) is 0 Å². The van der Waals surface area contributed by atoms with Crippen molar-refractivity contribution < 1.29 is 0 Å². The topological polar surface area (TPSA) is 25.8 Å². The predicted octanol–water partition coefficient (Wildman–Crippen LogP) is 3.59. The predicted molar refractivity (Wildman–Crippen MR) is 63.6 cm³/mol. The third kappa shape index (κ3) is 2.56. The second-order valence-electron chi connectivity index (χ2n) is 2.53. The normalized spacial score (nSPS) is 10.4. The molecule has 0 atom stereocenters. The molecular weight excluding hydrogens is 280 g/mol. The first-order chi connectivity index (χ1) is 6.86. The first-order valence-electron chi connectivity index (χ1n) is 3.97. The lowest BCUT2D eigenvalue weighted by atomic mass is 10.5. The monoisotopic (exact) mass is 286 g/mol. The van der Waals surface area contributed by atoms with E-state index >= 15 is 0 Å². The Morgan fingerprint density at radius 1 is 1.43 bits per heavy atom. The van der Waals surface area contributed by atoms with E-state index < -0.39 is 0 Å². The molecule has 2 aromatic heterocycles. The maximum Gasteiger partial charge on any atom is 0.116 e. The van der Waals surface area contributed by atoms with Crippen LogP contribution >= 0.6 is 39.0 Å². The molecule has 0 unspecified atom stereocenters. The second-order valence-corrected chi connectivity index (χ2v) is 5.38. The highest BCUT2D eigenvalue weighted by atomic mass is 79.9. The van der Waals surface area contributed by atoms with Crippen LogP contribution in [0.1, 0.15) is 4.88 Å². The molecule has 0 aliphatic carbocycles. The summed E-state index contributed by atoms with van der Waals surface area (Å²) in [4.78, 5) is 9.37. The van der Waals surface area contributed by atoms with Crippen LogP contribution in [0.2, 0.25) is 0 Å². The highest BCUT2D eigenvalue weighted by Gasteiger charge is 2.02. The van der Waals surface area contributed by atoms with Gasteiger partial charge in [0.25, 0.3) is 0 Å². The van der Waals surface area contributed by atoms with Gasteiger partial charge in [-0.25, -0.2) is 9.97 Å². The van der Waals surface area contributed by atoms with Gasteiger partial charge >= 0.3 is 0 Å². The van der Waals surface area contributed by atoms with Crippen LogP contribution < -0.4 is 0 Å². The van der Waals surface area contributed by atoms with Crippen molar-refractivity contribution in [3.8, 4) is 0 Å². The van der Waals surface area contributed by atoms with Gasteiger partial charge in [0.05, 0.1) is 5.03 Å². The Labute approximate surface area is 98.9 Å². The van der Waals surface area contributed by atoms with Gasteiger partial charge in [-0.15, -0.1) is 23.1 Å². The summed E-state index contributed by atoms with van der Waals surface area (Å²) in [5.41, 5.74) is 0. The molecule has 0 aromatic carbocycles. The zero-order valence-corrected chi connectivity index (χ0v) is 10.4. The minimum atomic E-state index is 0.954. The molecule has 0 aliphatic rings. The number of thioether (sulfide) groups is 1. The van der Waals surface area contributed by atoms with E-state index in [1.54, 1.807) is 35.6 Å². The van der Waals surface area contributed by atoms with Gasteiger partial charge in [-0.2, -0.15) is 0 Å². The number of hydrogen-bond acceptors (Lipinski definition) is 4. The van der Waals surface area contributed by atoms with E-state index in [0.717, 1.165) is 10.8 Å². The van der Waals surface area contributed by atoms with Crippen molar-refractivity contribution in [2.24, 2.45) is 0 Å². The van der Waals surface area contributed by atoms with Crippen molar-refractivity contribution in [3.63, 3.8) is 0 Å².